The van der Waals surface area contributed by atoms with Gasteiger partial charge in [0.2, 0.25) is 5.91 Å². The lowest BCUT2D eigenvalue weighted by Crippen LogP contribution is -2.13. The largest absolute Gasteiger partial charge is 0.494 e. The number of rotatable bonds is 8. The highest BCUT2D eigenvalue weighted by Crippen LogP contribution is 2.25. The molecule has 0 spiro atoms. The number of Topliss-reactive ketones (excluding diaryl/α,β-unsaturated/α-hetero) is 1. The molecular weight excluding hydrogens is 404 g/mol. The number of hydrogen-bond acceptors (Lipinski definition) is 5. The van der Waals surface area contributed by atoms with Crippen molar-refractivity contribution < 1.29 is 14.3 Å². The van der Waals surface area contributed by atoms with Gasteiger partial charge >= 0.3 is 0 Å². The minimum Gasteiger partial charge on any atom is -0.494 e. The van der Waals surface area contributed by atoms with Gasteiger partial charge in [-0.25, -0.2) is 0 Å². The average Bonchev–Trinajstić information content (AvgIpc) is 3.06. The number of anilines is 1. The molecule has 1 amide bonds. The number of ketones is 1. The van der Waals surface area contributed by atoms with Crippen molar-refractivity contribution in [3.05, 3.63) is 59.9 Å². The molecule has 0 bridgehead atoms. The maximum atomic E-state index is 12.4. The van der Waals surface area contributed by atoms with Crippen LogP contribution < -0.4 is 10.1 Å². The van der Waals surface area contributed by atoms with Crippen LogP contribution in [0.15, 0.2) is 48.5 Å². The first-order valence-corrected chi connectivity index (χ1v) is 11.2. The van der Waals surface area contributed by atoms with Gasteiger partial charge in [0, 0.05) is 42.6 Å². The van der Waals surface area contributed by atoms with Crippen molar-refractivity contribution in [2.45, 2.75) is 52.0 Å². The molecule has 2 aromatic carbocycles. The average molecular weight is 433 g/mol. The van der Waals surface area contributed by atoms with E-state index in [9.17, 15) is 9.59 Å². The molecule has 0 aliphatic carbocycles. The van der Waals surface area contributed by atoms with E-state index in [0.29, 0.717) is 17.9 Å². The molecule has 1 aromatic heterocycles. The molecule has 1 N–H and O–H groups in total. The van der Waals surface area contributed by atoms with E-state index in [2.05, 4.69) is 20.1 Å². The zero-order valence-electron chi connectivity index (χ0n) is 18.3. The van der Waals surface area contributed by atoms with E-state index < -0.39 is 0 Å². The summed E-state index contributed by atoms with van der Waals surface area (Å²) in [4.78, 5) is 24.9. The van der Waals surface area contributed by atoms with Crippen molar-refractivity contribution in [3.63, 3.8) is 0 Å². The number of benzene rings is 2. The second-order valence-corrected chi connectivity index (χ2v) is 7.91. The van der Waals surface area contributed by atoms with E-state index in [-0.39, 0.29) is 24.5 Å². The summed E-state index contributed by atoms with van der Waals surface area (Å²) in [6, 6.07) is 14.6. The quantitative estimate of drug-likeness (QED) is 0.523. The third-order valence-corrected chi connectivity index (χ3v) is 5.58. The molecule has 1 aliphatic rings. The molecule has 0 fully saturated rings. The molecule has 4 rings (SSSR count). The fraction of sp³-hybridized carbons (Fsp3) is 0.360. The fourth-order valence-corrected chi connectivity index (χ4v) is 3.93. The first-order chi connectivity index (χ1) is 15.6. The Kier molecular flexibility index (Phi) is 6.94. The van der Waals surface area contributed by atoms with Gasteiger partial charge in [-0.3, -0.25) is 9.59 Å². The summed E-state index contributed by atoms with van der Waals surface area (Å²) in [6.45, 7) is 3.41. The van der Waals surface area contributed by atoms with Gasteiger partial charge in [0.25, 0.3) is 0 Å². The van der Waals surface area contributed by atoms with Gasteiger partial charge in [0.15, 0.2) is 11.6 Å². The number of fused-ring (bicyclic) bond motifs is 1. The topological polar surface area (TPSA) is 86.1 Å². The van der Waals surface area contributed by atoms with Crippen LogP contribution in [0.2, 0.25) is 0 Å². The lowest BCUT2D eigenvalue weighted by atomic mass is 10.1. The van der Waals surface area contributed by atoms with Crippen LogP contribution in [-0.2, 0) is 17.8 Å². The molecule has 0 unspecified atom stereocenters. The first-order valence-electron chi connectivity index (χ1n) is 11.2. The fourth-order valence-electron chi connectivity index (χ4n) is 3.93. The summed E-state index contributed by atoms with van der Waals surface area (Å²) < 4.78 is 7.58. The standard InChI is InChI=1S/C25H28N4O3/c1-2-32-21-12-10-18(11-13-21)22(30)14-15-24(31)26-20-8-6-7-19(17-20)25-28-27-23-9-4-3-5-16-29(23)25/h6-8,10-13,17H,2-5,9,14-16H2,1H3,(H,26,31). The number of hydrogen-bond donors (Lipinski definition) is 1. The van der Waals surface area contributed by atoms with Crippen LogP contribution in [0.3, 0.4) is 0 Å². The van der Waals surface area contributed by atoms with Crippen LogP contribution in [-0.4, -0.2) is 33.1 Å². The first kappa shape index (κ1) is 21.7. The van der Waals surface area contributed by atoms with Crippen LogP contribution >= 0.6 is 0 Å². The second kappa shape index (κ2) is 10.2. The van der Waals surface area contributed by atoms with Crippen LogP contribution in [0.25, 0.3) is 11.4 Å². The number of nitrogens with zero attached hydrogens (tertiary/aromatic N) is 3. The molecule has 7 heteroatoms. The minimum atomic E-state index is -0.193. The Bertz CT molecular complexity index is 1090. The van der Waals surface area contributed by atoms with Crippen LogP contribution in [0.5, 0.6) is 5.75 Å². The van der Waals surface area contributed by atoms with E-state index in [4.69, 9.17) is 4.74 Å². The molecular formula is C25H28N4O3. The van der Waals surface area contributed by atoms with Crippen molar-refractivity contribution in [1.29, 1.82) is 0 Å². The number of nitrogens with one attached hydrogen (secondary N) is 1. The molecule has 32 heavy (non-hydrogen) atoms. The molecule has 0 radical (unpaired) electrons. The summed E-state index contributed by atoms with van der Waals surface area (Å²) in [6.07, 6.45) is 4.69. The predicted octanol–water partition coefficient (Wildman–Crippen LogP) is 4.67. The van der Waals surface area contributed by atoms with Crippen LogP contribution in [0.4, 0.5) is 5.69 Å². The lowest BCUT2D eigenvalue weighted by molar-refractivity contribution is -0.116. The van der Waals surface area contributed by atoms with Crippen LogP contribution in [0, 0.1) is 0 Å². The van der Waals surface area contributed by atoms with Gasteiger partial charge in [-0.05, 0) is 56.2 Å². The molecule has 1 aliphatic heterocycles. The summed E-state index contributed by atoms with van der Waals surface area (Å²) in [5.41, 5.74) is 2.19. The zero-order chi connectivity index (χ0) is 22.3. The van der Waals surface area contributed by atoms with Gasteiger partial charge in [-0.15, -0.1) is 10.2 Å². The van der Waals surface area contributed by atoms with E-state index in [1.54, 1.807) is 24.3 Å². The molecule has 166 valence electrons. The number of aryl methyl sites for hydroxylation is 1. The monoisotopic (exact) mass is 432 g/mol. The van der Waals surface area contributed by atoms with Crippen molar-refractivity contribution in [2.24, 2.45) is 0 Å². The smallest absolute Gasteiger partial charge is 0.224 e. The van der Waals surface area contributed by atoms with Gasteiger partial charge in [-0.1, -0.05) is 18.6 Å². The van der Waals surface area contributed by atoms with E-state index >= 15 is 0 Å². The van der Waals surface area contributed by atoms with Gasteiger partial charge in [0.1, 0.15) is 11.6 Å². The molecule has 0 saturated heterocycles. The normalized spacial score (nSPS) is 13.2. The highest BCUT2D eigenvalue weighted by molar-refractivity contribution is 6.00. The van der Waals surface area contributed by atoms with Gasteiger partial charge < -0.3 is 14.6 Å². The van der Waals surface area contributed by atoms with Gasteiger partial charge in [-0.2, -0.15) is 0 Å². The van der Waals surface area contributed by atoms with Gasteiger partial charge in [0.05, 0.1) is 6.61 Å². The summed E-state index contributed by atoms with van der Waals surface area (Å²) in [5, 5.41) is 11.6. The van der Waals surface area contributed by atoms with E-state index in [1.807, 2.05) is 31.2 Å². The van der Waals surface area contributed by atoms with Crippen molar-refractivity contribution >= 4 is 17.4 Å². The Hall–Kier alpha value is -3.48. The number of ether oxygens (including phenoxy) is 1. The Morgan fingerprint density at radius 3 is 2.69 bits per heavy atom. The van der Waals surface area contributed by atoms with Crippen molar-refractivity contribution in [1.82, 2.24) is 14.8 Å². The van der Waals surface area contributed by atoms with E-state index in [0.717, 1.165) is 48.8 Å². The molecule has 7 nitrogen and oxygen atoms in total. The van der Waals surface area contributed by atoms with Crippen LogP contribution in [0.1, 0.15) is 55.2 Å². The molecule has 3 aromatic rings. The number of amides is 1. The zero-order valence-corrected chi connectivity index (χ0v) is 18.3. The summed E-state index contributed by atoms with van der Waals surface area (Å²) in [5.74, 6) is 2.33. The second-order valence-electron chi connectivity index (χ2n) is 7.91. The molecule has 0 saturated carbocycles. The summed E-state index contributed by atoms with van der Waals surface area (Å²) >= 11 is 0. The highest BCUT2D eigenvalue weighted by atomic mass is 16.5. The Labute approximate surface area is 187 Å². The Morgan fingerprint density at radius 2 is 1.88 bits per heavy atom. The summed E-state index contributed by atoms with van der Waals surface area (Å²) in [7, 11) is 0. The minimum absolute atomic E-state index is 0.0666. The third-order valence-electron chi connectivity index (χ3n) is 5.58. The number of aromatic nitrogens is 3. The van der Waals surface area contributed by atoms with Crippen molar-refractivity contribution in [2.75, 3.05) is 11.9 Å². The Morgan fingerprint density at radius 1 is 1.03 bits per heavy atom. The van der Waals surface area contributed by atoms with Crippen molar-refractivity contribution in [3.8, 4) is 17.1 Å². The maximum absolute atomic E-state index is 12.4. The molecule has 2 heterocycles. The lowest BCUT2D eigenvalue weighted by Gasteiger charge is -2.09. The number of carbonyl (C=O) groups is 2. The SMILES string of the molecule is CCOc1ccc(C(=O)CCC(=O)Nc2cccc(-c3nnc4n3CCCCC4)c2)cc1. The van der Waals surface area contributed by atoms with E-state index in [1.165, 1.54) is 6.42 Å². The highest BCUT2D eigenvalue weighted by Gasteiger charge is 2.16. The Balaban J connectivity index is 1.36. The third kappa shape index (κ3) is 5.22. The number of carbonyl (C=O) groups excluding carboxylic acids is 2. The maximum Gasteiger partial charge on any atom is 0.224 e. The molecule has 0 atom stereocenters. The predicted molar refractivity (Wildman–Crippen MR) is 123 cm³/mol.